The molecule has 0 aliphatic rings. The molecule has 5 heteroatoms. The van der Waals surface area contributed by atoms with E-state index < -0.39 is 5.97 Å². The van der Waals surface area contributed by atoms with Crippen LogP contribution in [0.5, 0.6) is 0 Å². The largest absolute Gasteiger partial charge is 0.465 e. The minimum atomic E-state index is -0.423. The van der Waals surface area contributed by atoms with Crippen LogP contribution in [0, 0.1) is 11.3 Å². The Kier molecular flexibility index (Phi) is 3.65. The summed E-state index contributed by atoms with van der Waals surface area (Å²) in [6.07, 6.45) is 1.67. The van der Waals surface area contributed by atoms with Gasteiger partial charge < -0.3 is 9.14 Å². The van der Waals surface area contributed by atoms with Gasteiger partial charge in [0.15, 0.2) is 0 Å². The van der Waals surface area contributed by atoms with E-state index in [9.17, 15) is 9.59 Å². The Labute approximate surface area is 132 Å². The van der Waals surface area contributed by atoms with Gasteiger partial charge in [0.1, 0.15) is 0 Å². The lowest BCUT2D eigenvalue weighted by atomic mass is 10.1. The van der Waals surface area contributed by atoms with Crippen molar-refractivity contribution in [2.45, 2.75) is 0 Å². The molecule has 0 aliphatic carbocycles. The van der Waals surface area contributed by atoms with Crippen LogP contribution in [-0.2, 0) is 4.74 Å². The maximum Gasteiger partial charge on any atom is 0.337 e. The molecule has 5 nitrogen and oxygen atoms in total. The number of hydrogen-bond donors (Lipinski definition) is 0. The lowest BCUT2D eigenvalue weighted by Crippen LogP contribution is -2.06. The predicted octanol–water partition coefficient (Wildman–Crippen LogP) is 2.83. The average Bonchev–Trinajstić information content (AvgIpc) is 3.03. The first-order chi connectivity index (χ1) is 11.1. The highest BCUT2D eigenvalue weighted by Crippen LogP contribution is 2.17. The van der Waals surface area contributed by atoms with Crippen LogP contribution >= 0.6 is 0 Å². The number of nitrogens with zero attached hydrogens (tertiary/aromatic N) is 2. The summed E-state index contributed by atoms with van der Waals surface area (Å²) in [7, 11) is 1.32. The van der Waals surface area contributed by atoms with Crippen LogP contribution in [0.25, 0.3) is 5.52 Å². The molecule has 0 bridgehead atoms. The molecule has 112 valence electrons. The maximum atomic E-state index is 12.6. The summed E-state index contributed by atoms with van der Waals surface area (Å²) >= 11 is 0. The monoisotopic (exact) mass is 304 g/mol. The zero-order valence-corrected chi connectivity index (χ0v) is 12.3. The number of fused-ring (bicyclic) bond motifs is 1. The standard InChI is InChI=1S/C18H12N2O3/c1-23-18(22)14-8-9-20-15(10-14)6-7-16(20)17(21)13-4-2-12(11-19)3-5-13/h2-10H,1H3. The van der Waals surface area contributed by atoms with Gasteiger partial charge in [-0.15, -0.1) is 0 Å². The molecule has 2 aromatic heterocycles. The van der Waals surface area contributed by atoms with E-state index in [1.165, 1.54) is 7.11 Å². The van der Waals surface area contributed by atoms with Crippen molar-refractivity contribution in [2.24, 2.45) is 0 Å². The zero-order chi connectivity index (χ0) is 16.4. The number of ether oxygens (including phenoxy) is 1. The van der Waals surface area contributed by atoms with Crippen LogP contribution in [-0.4, -0.2) is 23.3 Å². The van der Waals surface area contributed by atoms with E-state index in [1.54, 1.807) is 59.1 Å². The number of pyridine rings is 1. The number of rotatable bonds is 3. The molecule has 0 aliphatic heterocycles. The van der Waals surface area contributed by atoms with Crippen molar-refractivity contribution in [3.63, 3.8) is 0 Å². The number of nitriles is 1. The third-order valence-electron chi connectivity index (χ3n) is 3.59. The van der Waals surface area contributed by atoms with Crippen LogP contribution < -0.4 is 0 Å². The zero-order valence-electron chi connectivity index (χ0n) is 12.3. The van der Waals surface area contributed by atoms with Crippen LogP contribution in [0.3, 0.4) is 0 Å². The van der Waals surface area contributed by atoms with Crippen LogP contribution in [0.1, 0.15) is 32.0 Å². The highest BCUT2D eigenvalue weighted by molar-refractivity contribution is 6.08. The van der Waals surface area contributed by atoms with Gasteiger partial charge in [-0.25, -0.2) is 4.79 Å². The van der Waals surface area contributed by atoms with E-state index in [1.807, 2.05) is 6.07 Å². The number of hydrogen-bond acceptors (Lipinski definition) is 4. The second-order valence-corrected chi connectivity index (χ2v) is 4.94. The molecule has 2 heterocycles. The topological polar surface area (TPSA) is 71.6 Å². The summed E-state index contributed by atoms with van der Waals surface area (Å²) in [5, 5.41) is 8.81. The fourth-order valence-electron chi connectivity index (χ4n) is 2.38. The second kappa shape index (κ2) is 5.78. The molecule has 3 rings (SSSR count). The van der Waals surface area contributed by atoms with Gasteiger partial charge in [-0.3, -0.25) is 4.79 Å². The number of carbonyl (C=O) groups excluding carboxylic acids is 2. The van der Waals surface area contributed by atoms with Crippen LogP contribution in [0.4, 0.5) is 0 Å². The average molecular weight is 304 g/mol. The molecular weight excluding hydrogens is 292 g/mol. The van der Waals surface area contributed by atoms with Gasteiger partial charge in [0.2, 0.25) is 5.78 Å². The van der Waals surface area contributed by atoms with Crippen LogP contribution in [0.15, 0.2) is 54.7 Å². The number of aromatic nitrogens is 1. The van der Waals surface area contributed by atoms with Crippen molar-refractivity contribution < 1.29 is 14.3 Å². The SMILES string of the molecule is COC(=O)c1ccn2c(C(=O)c3ccc(C#N)cc3)ccc2c1. The predicted molar refractivity (Wildman–Crippen MR) is 83.3 cm³/mol. The third-order valence-corrected chi connectivity index (χ3v) is 3.59. The highest BCUT2D eigenvalue weighted by Gasteiger charge is 2.14. The van der Waals surface area contributed by atoms with Crippen molar-refractivity contribution >= 4 is 17.3 Å². The summed E-state index contributed by atoms with van der Waals surface area (Å²) in [4.78, 5) is 24.2. The number of esters is 1. The molecule has 0 fully saturated rings. The van der Waals surface area contributed by atoms with Crippen molar-refractivity contribution in [1.82, 2.24) is 4.40 Å². The summed E-state index contributed by atoms with van der Waals surface area (Å²) in [6, 6.07) is 15.2. The Morgan fingerprint density at radius 3 is 2.43 bits per heavy atom. The Hall–Kier alpha value is -3.39. The van der Waals surface area contributed by atoms with Gasteiger partial charge >= 0.3 is 5.97 Å². The highest BCUT2D eigenvalue weighted by atomic mass is 16.5. The van der Waals surface area contributed by atoms with Crippen molar-refractivity contribution in [1.29, 1.82) is 5.26 Å². The van der Waals surface area contributed by atoms with E-state index in [0.717, 1.165) is 5.52 Å². The Morgan fingerprint density at radius 1 is 1.04 bits per heavy atom. The van der Waals surface area contributed by atoms with Gasteiger partial charge in [-0.2, -0.15) is 5.26 Å². The fraction of sp³-hybridized carbons (Fsp3) is 0.0556. The normalized spacial score (nSPS) is 10.3. The first-order valence-corrected chi connectivity index (χ1v) is 6.88. The lowest BCUT2D eigenvalue weighted by molar-refractivity contribution is 0.0600. The molecule has 0 saturated heterocycles. The maximum absolute atomic E-state index is 12.6. The lowest BCUT2D eigenvalue weighted by Gasteiger charge is -2.04. The van der Waals surface area contributed by atoms with Gasteiger partial charge in [-0.1, -0.05) is 0 Å². The molecule has 1 aromatic carbocycles. The van der Waals surface area contributed by atoms with Gasteiger partial charge in [0.05, 0.1) is 30.0 Å². The first kappa shape index (κ1) is 14.5. The molecule has 23 heavy (non-hydrogen) atoms. The number of methoxy groups -OCH3 is 1. The van der Waals surface area contributed by atoms with Gasteiger partial charge in [-0.05, 0) is 48.5 Å². The van der Waals surface area contributed by atoms with E-state index in [2.05, 4.69) is 4.74 Å². The molecule has 3 aromatic rings. The van der Waals surface area contributed by atoms with Crippen LogP contribution in [0.2, 0.25) is 0 Å². The van der Waals surface area contributed by atoms with E-state index in [-0.39, 0.29) is 5.78 Å². The first-order valence-electron chi connectivity index (χ1n) is 6.88. The Bertz CT molecular complexity index is 947. The fourth-order valence-corrected chi connectivity index (χ4v) is 2.38. The van der Waals surface area contributed by atoms with Crippen molar-refractivity contribution in [3.8, 4) is 6.07 Å². The number of ketones is 1. The molecular formula is C18H12N2O3. The van der Waals surface area contributed by atoms with Gasteiger partial charge in [0.25, 0.3) is 0 Å². The summed E-state index contributed by atoms with van der Waals surface area (Å²) < 4.78 is 6.40. The molecule has 0 saturated carbocycles. The summed E-state index contributed by atoms with van der Waals surface area (Å²) in [6.45, 7) is 0. The summed E-state index contributed by atoms with van der Waals surface area (Å²) in [5.41, 5.74) is 2.65. The number of carbonyl (C=O) groups is 2. The quantitative estimate of drug-likeness (QED) is 0.551. The molecule has 0 radical (unpaired) electrons. The van der Waals surface area contributed by atoms with E-state index >= 15 is 0 Å². The molecule has 0 N–H and O–H groups in total. The second-order valence-electron chi connectivity index (χ2n) is 4.94. The molecule has 0 atom stereocenters. The minimum Gasteiger partial charge on any atom is -0.465 e. The molecule has 0 spiro atoms. The smallest absolute Gasteiger partial charge is 0.337 e. The van der Waals surface area contributed by atoms with Crippen molar-refractivity contribution in [3.05, 3.63) is 77.1 Å². The molecule has 0 amide bonds. The van der Waals surface area contributed by atoms with Gasteiger partial charge in [0, 0.05) is 17.3 Å². The Morgan fingerprint density at radius 2 is 1.78 bits per heavy atom. The minimum absolute atomic E-state index is 0.152. The molecule has 0 unspecified atom stereocenters. The summed E-state index contributed by atoms with van der Waals surface area (Å²) in [5.74, 6) is -0.575. The van der Waals surface area contributed by atoms with Crippen molar-refractivity contribution in [2.75, 3.05) is 7.11 Å². The van der Waals surface area contributed by atoms with E-state index in [4.69, 9.17) is 5.26 Å². The third kappa shape index (κ3) is 2.58. The van der Waals surface area contributed by atoms with E-state index in [0.29, 0.717) is 22.4 Å². The number of benzene rings is 1. The Balaban J connectivity index is 2.01.